The van der Waals surface area contributed by atoms with Crippen LogP contribution in [0.15, 0.2) is 10.5 Å². The maximum absolute atomic E-state index is 12.5. The van der Waals surface area contributed by atoms with Crippen molar-refractivity contribution in [1.82, 2.24) is 14.6 Å². The third-order valence-electron chi connectivity index (χ3n) is 3.30. The molecule has 4 N–H and O–H groups in total. The number of amides is 2. The number of esters is 1. The fraction of sp³-hybridized carbons (Fsp3) is 0.417. The first-order valence-corrected chi connectivity index (χ1v) is 10.5. The lowest BCUT2D eigenvalue weighted by Gasteiger charge is -2.43. The standard InChI is InChI=1S/C12H15N5O8S3/c1-24-6(18)4-26-11-8(10(20)17(11)28(21,22)23)15-9(19)7(16-25-2)5-3-27-12(13)14-5/h3,8,11H,4H2,1-2H3,(H2,13,14)(H,15,19)(H,21,22,23)/b16-7-/t8-,11+/m1/s1. The molecule has 2 amide bonds. The summed E-state index contributed by atoms with van der Waals surface area (Å²) in [6, 6.07) is -1.36. The number of carbonyl (C=O) groups excluding carboxylic acids is 3. The smallest absolute Gasteiger partial charge is 0.363 e. The molecule has 0 saturated carbocycles. The Hall–Kier alpha value is -2.43. The molecule has 13 nitrogen and oxygen atoms in total. The highest BCUT2D eigenvalue weighted by molar-refractivity contribution is 8.01. The van der Waals surface area contributed by atoms with E-state index in [-0.39, 0.29) is 26.6 Å². The molecule has 0 radical (unpaired) electrons. The Morgan fingerprint density at radius 3 is 2.68 bits per heavy atom. The second kappa shape index (κ2) is 8.72. The van der Waals surface area contributed by atoms with Crippen molar-refractivity contribution in [3.05, 3.63) is 11.1 Å². The van der Waals surface area contributed by atoms with Gasteiger partial charge in [-0.05, 0) is 0 Å². The van der Waals surface area contributed by atoms with Crippen molar-refractivity contribution >= 4 is 62.0 Å². The third-order valence-corrected chi connectivity index (χ3v) is 6.23. The Morgan fingerprint density at radius 2 is 2.18 bits per heavy atom. The van der Waals surface area contributed by atoms with Crippen molar-refractivity contribution in [2.24, 2.45) is 5.16 Å². The molecule has 16 heteroatoms. The zero-order chi connectivity index (χ0) is 21.1. The molecule has 1 fully saturated rings. The van der Waals surface area contributed by atoms with E-state index in [2.05, 4.69) is 25.0 Å². The van der Waals surface area contributed by atoms with Crippen LogP contribution in [0.5, 0.6) is 0 Å². The third kappa shape index (κ3) is 4.70. The number of nitrogen functional groups attached to an aromatic ring is 1. The van der Waals surface area contributed by atoms with Crippen LogP contribution in [0, 0.1) is 0 Å². The molecule has 2 rings (SSSR count). The average Bonchev–Trinajstić information content (AvgIpc) is 3.04. The number of β-lactam (4-membered cyclic amide) rings is 1. The highest BCUT2D eigenvalue weighted by Gasteiger charge is 2.54. The number of thioether (sulfide) groups is 1. The lowest BCUT2D eigenvalue weighted by atomic mass is 10.1. The minimum absolute atomic E-state index is 0.0824. The Balaban J connectivity index is 2.21. The molecule has 154 valence electrons. The number of methoxy groups -OCH3 is 1. The van der Waals surface area contributed by atoms with E-state index >= 15 is 0 Å². The molecule has 0 spiro atoms. The number of thiazole rings is 1. The maximum atomic E-state index is 12.5. The molecule has 0 unspecified atom stereocenters. The number of nitrogens with one attached hydrogen (secondary N) is 1. The molecule has 1 aromatic rings. The van der Waals surface area contributed by atoms with Crippen molar-refractivity contribution in [2.45, 2.75) is 11.4 Å². The van der Waals surface area contributed by atoms with Gasteiger partial charge in [0.05, 0.1) is 12.9 Å². The van der Waals surface area contributed by atoms with Gasteiger partial charge in [0.25, 0.3) is 11.8 Å². The van der Waals surface area contributed by atoms with Crippen LogP contribution in [0.3, 0.4) is 0 Å². The van der Waals surface area contributed by atoms with Gasteiger partial charge in [-0.3, -0.25) is 18.9 Å². The van der Waals surface area contributed by atoms with Crippen LogP contribution < -0.4 is 11.1 Å². The number of oxime groups is 1. The number of ether oxygens (including phenoxy) is 1. The number of nitrogens with zero attached hydrogens (tertiary/aromatic N) is 3. The molecule has 2 heterocycles. The molecule has 1 saturated heterocycles. The van der Waals surface area contributed by atoms with E-state index in [1.807, 2.05) is 0 Å². The van der Waals surface area contributed by atoms with Crippen LogP contribution in [0.4, 0.5) is 5.13 Å². The Kier molecular flexibility index (Phi) is 6.81. The number of carbonyl (C=O) groups is 3. The molecular formula is C12H15N5O8S3. The largest absolute Gasteiger partial charge is 0.468 e. The van der Waals surface area contributed by atoms with E-state index in [1.165, 1.54) is 12.5 Å². The predicted octanol–water partition coefficient (Wildman–Crippen LogP) is -1.56. The summed E-state index contributed by atoms with van der Waals surface area (Å²) < 4.78 is 36.6. The van der Waals surface area contributed by atoms with Crippen LogP contribution in [-0.4, -0.2) is 77.1 Å². The summed E-state index contributed by atoms with van der Waals surface area (Å²) in [5, 5.41) is 6.16. The van der Waals surface area contributed by atoms with E-state index in [0.29, 0.717) is 11.8 Å². The predicted molar refractivity (Wildman–Crippen MR) is 98.7 cm³/mol. The van der Waals surface area contributed by atoms with E-state index in [9.17, 15) is 27.4 Å². The lowest BCUT2D eigenvalue weighted by molar-refractivity contribution is -0.141. The minimum atomic E-state index is -4.89. The van der Waals surface area contributed by atoms with Gasteiger partial charge in [-0.2, -0.15) is 12.7 Å². The summed E-state index contributed by atoms with van der Waals surface area (Å²) in [5.41, 5.74) is 5.30. The highest BCUT2D eigenvalue weighted by atomic mass is 32.2. The number of nitrogens with two attached hydrogens (primary N) is 1. The van der Waals surface area contributed by atoms with Gasteiger partial charge < -0.3 is 20.6 Å². The van der Waals surface area contributed by atoms with Gasteiger partial charge in [0.2, 0.25) is 0 Å². The molecule has 0 bridgehead atoms. The summed E-state index contributed by atoms with van der Waals surface area (Å²) in [6.07, 6.45) is 0. The van der Waals surface area contributed by atoms with Crippen LogP contribution in [0.1, 0.15) is 5.69 Å². The van der Waals surface area contributed by atoms with Gasteiger partial charge in [-0.15, -0.1) is 23.1 Å². The van der Waals surface area contributed by atoms with Crippen molar-refractivity contribution in [3.63, 3.8) is 0 Å². The van der Waals surface area contributed by atoms with E-state index in [4.69, 9.17) is 5.73 Å². The lowest BCUT2D eigenvalue weighted by Crippen LogP contribution is -2.71. The van der Waals surface area contributed by atoms with E-state index in [1.54, 1.807) is 0 Å². The highest BCUT2D eigenvalue weighted by Crippen LogP contribution is 2.32. The average molecular weight is 453 g/mol. The molecule has 1 aromatic heterocycles. The van der Waals surface area contributed by atoms with Crippen LogP contribution in [-0.2, 0) is 34.3 Å². The van der Waals surface area contributed by atoms with Gasteiger partial charge in [-0.25, -0.2) is 4.98 Å². The molecule has 0 aliphatic carbocycles. The SMILES string of the molecule is CO/N=C(\C(=O)N[C@@H]1C(=O)N(S(=O)(=O)O)[C@H]1SCC(=O)OC)c1csc(N)n1. The Labute approximate surface area is 167 Å². The molecule has 0 aromatic carbocycles. The van der Waals surface area contributed by atoms with Gasteiger partial charge in [-0.1, -0.05) is 5.16 Å². The van der Waals surface area contributed by atoms with Crippen LogP contribution >= 0.6 is 23.1 Å². The van der Waals surface area contributed by atoms with Gasteiger partial charge in [0, 0.05) is 5.38 Å². The number of hydrogen-bond acceptors (Lipinski definition) is 12. The molecule has 1 aliphatic heterocycles. The summed E-state index contributed by atoms with van der Waals surface area (Å²) in [7, 11) is -2.58. The zero-order valence-electron chi connectivity index (χ0n) is 14.4. The van der Waals surface area contributed by atoms with Crippen molar-refractivity contribution in [2.75, 3.05) is 25.7 Å². The fourth-order valence-corrected chi connectivity index (χ4v) is 4.92. The summed E-state index contributed by atoms with van der Waals surface area (Å²) in [5.74, 6) is -3.00. The van der Waals surface area contributed by atoms with Gasteiger partial charge in [0.1, 0.15) is 24.2 Å². The van der Waals surface area contributed by atoms with Crippen molar-refractivity contribution in [3.8, 4) is 0 Å². The molecule has 1 aliphatic rings. The monoisotopic (exact) mass is 453 g/mol. The minimum Gasteiger partial charge on any atom is -0.468 e. The number of anilines is 1. The van der Waals surface area contributed by atoms with Crippen molar-refractivity contribution in [1.29, 1.82) is 0 Å². The number of rotatable bonds is 8. The van der Waals surface area contributed by atoms with Gasteiger partial charge >= 0.3 is 16.3 Å². The van der Waals surface area contributed by atoms with Crippen molar-refractivity contribution < 1.29 is 36.9 Å². The molecule has 28 heavy (non-hydrogen) atoms. The summed E-state index contributed by atoms with van der Waals surface area (Å²) in [4.78, 5) is 44.4. The Bertz CT molecular complexity index is 914. The quantitative estimate of drug-likeness (QED) is 0.136. The normalized spacial score (nSPS) is 19.8. The topological polar surface area (TPSA) is 191 Å². The van der Waals surface area contributed by atoms with Crippen LogP contribution in [0.2, 0.25) is 0 Å². The molecular weight excluding hydrogens is 438 g/mol. The number of hydrogen-bond donors (Lipinski definition) is 3. The van der Waals surface area contributed by atoms with E-state index in [0.717, 1.165) is 18.4 Å². The second-order valence-electron chi connectivity index (χ2n) is 5.03. The van der Waals surface area contributed by atoms with Gasteiger partial charge in [0.15, 0.2) is 10.8 Å². The summed E-state index contributed by atoms with van der Waals surface area (Å²) in [6.45, 7) is 0. The van der Waals surface area contributed by atoms with Crippen LogP contribution in [0.25, 0.3) is 0 Å². The zero-order valence-corrected chi connectivity index (χ0v) is 16.8. The number of aromatic nitrogens is 1. The first kappa shape index (κ1) is 21.9. The first-order valence-electron chi connectivity index (χ1n) is 7.22. The summed E-state index contributed by atoms with van der Waals surface area (Å²) >= 11 is 1.72. The maximum Gasteiger partial charge on any atom is 0.363 e. The Morgan fingerprint density at radius 1 is 1.50 bits per heavy atom. The second-order valence-corrected chi connectivity index (χ2v) is 8.32. The molecule has 2 atom stereocenters. The fourth-order valence-electron chi connectivity index (χ4n) is 2.09. The van der Waals surface area contributed by atoms with E-state index < -0.39 is 39.5 Å². The first-order chi connectivity index (χ1) is 13.1.